The lowest BCUT2D eigenvalue weighted by Crippen LogP contribution is -2.21. The van der Waals surface area contributed by atoms with Gasteiger partial charge in [0.1, 0.15) is 11.9 Å². The fourth-order valence-electron chi connectivity index (χ4n) is 1.50. The Morgan fingerprint density at radius 3 is 2.44 bits per heavy atom. The van der Waals surface area contributed by atoms with Crippen molar-refractivity contribution in [2.75, 3.05) is 6.61 Å². The van der Waals surface area contributed by atoms with Crippen LogP contribution in [0.4, 0.5) is 14.5 Å². The molecule has 0 aliphatic heterocycles. The lowest BCUT2D eigenvalue weighted by Gasteiger charge is -2.17. The van der Waals surface area contributed by atoms with Gasteiger partial charge in [-0.1, -0.05) is 0 Å². The van der Waals surface area contributed by atoms with Crippen LogP contribution in [-0.4, -0.2) is 33.0 Å². The number of hydrogen-bond donors (Lipinski definition) is 3. The van der Waals surface area contributed by atoms with Gasteiger partial charge in [0.05, 0.1) is 16.6 Å². The van der Waals surface area contributed by atoms with Crippen LogP contribution in [0, 0.1) is 21.7 Å². The van der Waals surface area contributed by atoms with Gasteiger partial charge in [0, 0.05) is 12.7 Å². The number of benzene rings is 1. The Hall–Kier alpha value is -1.64. The molecule has 1 aromatic rings. The Balaban J connectivity index is 3.25. The normalized spacial score (nSPS) is 14.3. The topological polar surface area (TPSA) is 104 Å². The lowest BCUT2D eigenvalue weighted by molar-refractivity contribution is -0.389. The minimum atomic E-state index is -1.86. The van der Waals surface area contributed by atoms with Gasteiger partial charge in [-0.15, -0.1) is 0 Å². The van der Waals surface area contributed by atoms with E-state index in [1.165, 1.54) is 0 Å². The maximum absolute atomic E-state index is 13.2. The number of aliphatic hydroxyl groups is 3. The number of nitro benzene ring substituents is 1. The molecule has 0 bridgehead atoms. The number of nitro groups is 1. The van der Waals surface area contributed by atoms with Crippen molar-refractivity contribution in [1.82, 2.24) is 0 Å². The van der Waals surface area contributed by atoms with Crippen molar-refractivity contribution in [3.63, 3.8) is 0 Å². The summed E-state index contributed by atoms with van der Waals surface area (Å²) in [6, 6.07) is 0.888. The van der Waals surface area contributed by atoms with Gasteiger partial charge in [-0.2, -0.15) is 4.39 Å². The van der Waals surface area contributed by atoms with E-state index in [9.17, 15) is 29.1 Å². The van der Waals surface area contributed by atoms with Crippen molar-refractivity contribution in [2.24, 2.45) is 0 Å². The van der Waals surface area contributed by atoms with Crippen LogP contribution in [-0.2, 0) is 0 Å². The van der Waals surface area contributed by atoms with Crippen molar-refractivity contribution in [2.45, 2.75) is 18.6 Å². The van der Waals surface area contributed by atoms with E-state index in [2.05, 4.69) is 0 Å². The molecule has 0 amide bonds. The molecule has 2 atom stereocenters. The van der Waals surface area contributed by atoms with E-state index >= 15 is 0 Å². The molecule has 3 N–H and O–H groups in total. The molecular formula is C10H11F2NO5. The van der Waals surface area contributed by atoms with Gasteiger partial charge in [0.25, 0.3) is 0 Å². The van der Waals surface area contributed by atoms with Crippen LogP contribution < -0.4 is 0 Å². The minimum absolute atomic E-state index is 0.281. The van der Waals surface area contributed by atoms with Crippen molar-refractivity contribution >= 4 is 5.69 Å². The monoisotopic (exact) mass is 263 g/mol. The van der Waals surface area contributed by atoms with Crippen LogP contribution in [0.3, 0.4) is 0 Å². The van der Waals surface area contributed by atoms with E-state index < -0.39 is 46.6 Å². The Bertz CT molecular complexity index is 454. The molecule has 0 aliphatic rings. The fraction of sp³-hybridized carbons (Fsp3) is 0.400. The Morgan fingerprint density at radius 1 is 1.33 bits per heavy atom. The second-order valence-corrected chi connectivity index (χ2v) is 3.61. The van der Waals surface area contributed by atoms with Crippen molar-refractivity contribution in [1.29, 1.82) is 0 Å². The van der Waals surface area contributed by atoms with Gasteiger partial charge in [0.15, 0.2) is 0 Å². The summed E-state index contributed by atoms with van der Waals surface area (Å²) < 4.78 is 26.2. The number of nitrogens with zero attached hydrogens (tertiary/aromatic N) is 1. The highest BCUT2D eigenvalue weighted by atomic mass is 19.1. The van der Waals surface area contributed by atoms with Crippen molar-refractivity contribution < 1.29 is 29.0 Å². The fourth-order valence-corrected chi connectivity index (χ4v) is 1.50. The molecule has 0 heterocycles. The van der Waals surface area contributed by atoms with E-state index in [4.69, 9.17) is 5.11 Å². The molecule has 2 unspecified atom stereocenters. The molecule has 0 spiro atoms. The standard InChI is InChI=1S/C10H11F2NO5/c11-5-3-6(10(16)8(15)1-2-14)9(13(17)18)7(12)4-5/h3-4,8,10,14-16H,1-2H2. The largest absolute Gasteiger partial charge is 0.396 e. The molecule has 0 aromatic heterocycles. The highest BCUT2D eigenvalue weighted by Gasteiger charge is 2.30. The van der Waals surface area contributed by atoms with Gasteiger partial charge in [-0.3, -0.25) is 10.1 Å². The van der Waals surface area contributed by atoms with Crippen LogP contribution in [0.15, 0.2) is 12.1 Å². The van der Waals surface area contributed by atoms with E-state index in [1.807, 2.05) is 0 Å². The van der Waals surface area contributed by atoms with E-state index in [0.717, 1.165) is 0 Å². The molecule has 0 fully saturated rings. The lowest BCUT2D eigenvalue weighted by atomic mass is 10.00. The van der Waals surface area contributed by atoms with E-state index in [0.29, 0.717) is 12.1 Å². The summed E-state index contributed by atoms with van der Waals surface area (Å²) in [5.74, 6) is -2.55. The summed E-state index contributed by atoms with van der Waals surface area (Å²) in [6.45, 7) is -0.482. The third kappa shape index (κ3) is 2.97. The van der Waals surface area contributed by atoms with Crippen molar-refractivity contribution in [3.8, 4) is 0 Å². The first-order valence-corrected chi connectivity index (χ1v) is 4.98. The first kappa shape index (κ1) is 14.4. The summed E-state index contributed by atoms with van der Waals surface area (Å²) >= 11 is 0. The van der Waals surface area contributed by atoms with Gasteiger partial charge in [0.2, 0.25) is 5.82 Å². The first-order chi connectivity index (χ1) is 8.38. The van der Waals surface area contributed by atoms with Gasteiger partial charge in [-0.05, 0) is 12.5 Å². The number of halogens is 2. The van der Waals surface area contributed by atoms with Gasteiger partial charge in [-0.25, -0.2) is 4.39 Å². The second kappa shape index (κ2) is 5.80. The van der Waals surface area contributed by atoms with E-state index in [-0.39, 0.29) is 6.42 Å². The SMILES string of the molecule is O=[N+]([O-])c1c(F)cc(F)cc1C(O)C(O)CCO. The van der Waals surface area contributed by atoms with Gasteiger partial charge >= 0.3 is 5.69 Å². The molecule has 1 aromatic carbocycles. The maximum Gasteiger partial charge on any atom is 0.310 e. The third-order valence-corrected chi connectivity index (χ3v) is 2.35. The Labute approximate surface area is 100 Å². The van der Waals surface area contributed by atoms with E-state index in [1.54, 1.807) is 0 Å². The molecule has 1 rings (SSSR count). The van der Waals surface area contributed by atoms with Gasteiger partial charge < -0.3 is 15.3 Å². The zero-order chi connectivity index (χ0) is 13.9. The molecular weight excluding hydrogens is 252 g/mol. The quantitative estimate of drug-likeness (QED) is 0.534. The Morgan fingerprint density at radius 2 is 1.94 bits per heavy atom. The number of aliphatic hydroxyl groups excluding tert-OH is 3. The molecule has 8 heteroatoms. The molecule has 0 saturated carbocycles. The second-order valence-electron chi connectivity index (χ2n) is 3.61. The van der Waals surface area contributed by atoms with Crippen LogP contribution >= 0.6 is 0 Å². The van der Waals surface area contributed by atoms with Crippen LogP contribution in [0.25, 0.3) is 0 Å². The van der Waals surface area contributed by atoms with Crippen LogP contribution in [0.1, 0.15) is 18.1 Å². The average Bonchev–Trinajstić information content (AvgIpc) is 2.26. The minimum Gasteiger partial charge on any atom is -0.396 e. The molecule has 0 aliphatic carbocycles. The Kier molecular flexibility index (Phi) is 4.65. The average molecular weight is 263 g/mol. The predicted molar refractivity (Wildman–Crippen MR) is 55.7 cm³/mol. The molecule has 0 radical (unpaired) electrons. The van der Waals surface area contributed by atoms with Crippen molar-refractivity contribution in [3.05, 3.63) is 39.4 Å². The molecule has 0 saturated heterocycles. The third-order valence-electron chi connectivity index (χ3n) is 2.35. The smallest absolute Gasteiger partial charge is 0.310 e. The molecule has 100 valence electrons. The summed E-state index contributed by atoms with van der Waals surface area (Å²) in [6.07, 6.45) is -3.70. The van der Waals surface area contributed by atoms with Crippen LogP contribution in [0.2, 0.25) is 0 Å². The summed E-state index contributed by atoms with van der Waals surface area (Å²) in [5.41, 5.74) is -1.76. The summed E-state index contributed by atoms with van der Waals surface area (Å²) in [5, 5.41) is 38.2. The highest BCUT2D eigenvalue weighted by molar-refractivity contribution is 5.43. The highest BCUT2D eigenvalue weighted by Crippen LogP contribution is 2.31. The number of rotatable bonds is 5. The predicted octanol–water partition coefficient (Wildman–Crippen LogP) is 0.650. The molecule has 18 heavy (non-hydrogen) atoms. The maximum atomic E-state index is 13.2. The summed E-state index contributed by atoms with van der Waals surface area (Å²) in [4.78, 5) is 9.53. The van der Waals surface area contributed by atoms with Crippen LogP contribution in [0.5, 0.6) is 0 Å². The zero-order valence-corrected chi connectivity index (χ0v) is 9.08. The molecule has 6 nitrogen and oxygen atoms in total. The zero-order valence-electron chi connectivity index (χ0n) is 9.08. The first-order valence-electron chi connectivity index (χ1n) is 4.98. The number of hydrogen-bond acceptors (Lipinski definition) is 5. The summed E-state index contributed by atoms with van der Waals surface area (Å²) in [7, 11) is 0.